The molecule has 0 rings (SSSR count). The molecule has 0 aromatic rings. The minimum Gasteiger partial charge on any atom is -0.330 e. The molecule has 0 aromatic carbocycles. The van der Waals surface area contributed by atoms with Crippen LogP contribution in [0.3, 0.4) is 0 Å². The van der Waals surface area contributed by atoms with Crippen molar-refractivity contribution in [1.82, 2.24) is 0 Å². The van der Waals surface area contributed by atoms with Crippen molar-refractivity contribution in [3.8, 4) is 6.07 Å². The smallest absolute Gasteiger partial charge is 0.0655 e. The molecule has 0 aliphatic carbocycles. The highest BCUT2D eigenvalue weighted by atomic mass is 14.5. The van der Waals surface area contributed by atoms with Crippen molar-refractivity contribution >= 4 is 0 Å². The van der Waals surface area contributed by atoms with Crippen LogP contribution in [0.1, 0.15) is 72.6 Å². The average Bonchev–Trinajstić information content (AvgIpc) is 2.34. The summed E-state index contributed by atoms with van der Waals surface area (Å²) in [5.74, 6) is 0.974. The normalized spacial score (nSPS) is 11.6. The Bertz CT molecular complexity index is 170. The van der Waals surface area contributed by atoms with Crippen LogP contribution in [0.2, 0.25) is 0 Å². The van der Waals surface area contributed by atoms with Crippen LogP contribution in [0.5, 0.6) is 0 Å². The molecule has 17 heavy (non-hydrogen) atoms. The number of nitriles is 1. The molecule has 1 atom stereocenters. The second-order valence-electron chi connectivity index (χ2n) is 5.07. The molecule has 0 spiro atoms. The van der Waals surface area contributed by atoms with E-state index in [4.69, 9.17) is 11.0 Å². The van der Waals surface area contributed by atoms with Crippen LogP contribution in [0.15, 0.2) is 0 Å². The predicted octanol–water partition coefficient (Wildman–Crippen LogP) is 4.50. The van der Waals surface area contributed by atoms with Crippen LogP contribution in [0, 0.1) is 23.2 Å². The molecule has 0 aliphatic rings. The number of hydrogen-bond acceptors (Lipinski definition) is 2. The van der Waals surface area contributed by atoms with Crippen molar-refractivity contribution in [2.75, 3.05) is 6.54 Å². The maximum Gasteiger partial charge on any atom is 0.0655 e. The summed E-state index contributed by atoms with van der Waals surface area (Å²) in [5, 5.41) is 8.68. The van der Waals surface area contributed by atoms with Gasteiger partial charge in [0, 0.05) is 5.92 Å². The lowest BCUT2D eigenvalue weighted by Gasteiger charge is -2.04. The first-order valence-corrected chi connectivity index (χ1v) is 7.21. The molecule has 0 heterocycles. The Balaban J connectivity index is 0. The summed E-state index contributed by atoms with van der Waals surface area (Å²) in [7, 11) is 0. The van der Waals surface area contributed by atoms with Crippen LogP contribution in [0.25, 0.3) is 0 Å². The molecule has 0 unspecified atom stereocenters. The molecule has 2 N–H and O–H groups in total. The first kappa shape index (κ1) is 18.8. The monoisotopic (exact) mass is 240 g/mol. The lowest BCUT2D eigenvalue weighted by molar-refractivity contribution is 0.520. The summed E-state index contributed by atoms with van der Waals surface area (Å²) in [6, 6.07) is 2.34. The Hall–Kier alpha value is -0.550. The second kappa shape index (κ2) is 15.4. The third kappa shape index (κ3) is 18.0. The Kier molecular flexibility index (Phi) is 17.1. The Morgan fingerprint density at radius 2 is 1.59 bits per heavy atom. The van der Waals surface area contributed by atoms with E-state index in [0.717, 1.165) is 19.4 Å². The number of nitrogens with zero attached hydrogens (tertiary/aromatic N) is 1. The van der Waals surface area contributed by atoms with Crippen LogP contribution >= 0.6 is 0 Å². The maximum atomic E-state index is 8.68. The third-order valence-corrected chi connectivity index (χ3v) is 2.80. The zero-order valence-corrected chi connectivity index (χ0v) is 12.3. The van der Waals surface area contributed by atoms with Gasteiger partial charge in [0.15, 0.2) is 0 Å². The fraction of sp³-hybridized carbons (Fsp3) is 0.933. The molecule has 0 aromatic heterocycles. The van der Waals surface area contributed by atoms with E-state index < -0.39 is 0 Å². The second-order valence-corrected chi connectivity index (χ2v) is 5.07. The van der Waals surface area contributed by atoms with Crippen molar-refractivity contribution in [3.63, 3.8) is 0 Å². The van der Waals surface area contributed by atoms with Gasteiger partial charge in [0.05, 0.1) is 6.07 Å². The zero-order valence-electron chi connectivity index (χ0n) is 12.3. The molecular weight excluding hydrogens is 208 g/mol. The highest BCUT2D eigenvalue weighted by molar-refractivity contribution is 4.80. The van der Waals surface area contributed by atoms with Crippen molar-refractivity contribution in [3.05, 3.63) is 0 Å². The first-order chi connectivity index (χ1) is 8.12. The zero-order chi connectivity index (χ0) is 13.5. The predicted molar refractivity (Wildman–Crippen MR) is 76.7 cm³/mol. The van der Waals surface area contributed by atoms with Gasteiger partial charge >= 0.3 is 0 Å². The summed E-state index contributed by atoms with van der Waals surface area (Å²) in [4.78, 5) is 0. The van der Waals surface area contributed by atoms with E-state index in [0.29, 0.717) is 11.8 Å². The molecule has 0 radical (unpaired) electrons. The molecule has 102 valence electrons. The summed E-state index contributed by atoms with van der Waals surface area (Å²) >= 11 is 0. The topological polar surface area (TPSA) is 49.8 Å². The highest BCUT2D eigenvalue weighted by Gasteiger charge is 2.02. The molecule has 0 fully saturated rings. The van der Waals surface area contributed by atoms with Crippen molar-refractivity contribution < 1.29 is 0 Å². The number of unbranched alkanes of at least 4 members (excludes halogenated alkanes) is 4. The van der Waals surface area contributed by atoms with Gasteiger partial charge in [0.2, 0.25) is 0 Å². The van der Waals surface area contributed by atoms with E-state index in [1.165, 1.54) is 32.1 Å². The van der Waals surface area contributed by atoms with E-state index in [2.05, 4.69) is 33.8 Å². The maximum absolute atomic E-state index is 8.68. The van der Waals surface area contributed by atoms with E-state index in [1.807, 2.05) is 0 Å². The van der Waals surface area contributed by atoms with Crippen LogP contribution in [-0.4, -0.2) is 6.54 Å². The van der Waals surface area contributed by atoms with E-state index >= 15 is 0 Å². The minimum atomic E-state index is 0.312. The molecular formula is C15H32N2. The van der Waals surface area contributed by atoms with Crippen molar-refractivity contribution in [2.24, 2.45) is 17.6 Å². The highest BCUT2D eigenvalue weighted by Crippen LogP contribution is 2.13. The average molecular weight is 240 g/mol. The summed E-state index contributed by atoms with van der Waals surface area (Å²) in [5.41, 5.74) is 5.17. The SMILES string of the molecule is CC(C)CN.CCCCCCC[C@@H](C#N)CC. The summed E-state index contributed by atoms with van der Waals surface area (Å²) in [6.45, 7) is 9.32. The van der Waals surface area contributed by atoms with Gasteiger partial charge < -0.3 is 5.73 Å². The molecule has 0 aliphatic heterocycles. The van der Waals surface area contributed by atoms with Crippen molar-refractivity contribution in [2.45, 2.75) is 72.6 Å². The fourth-order valence-electron chi connectivity index (χ4n) is 1.35. The lowest BCUT2D eigenvalue weighted by Crippen LogP contribution is -2.05. The lowest BCUT2D eigenvalue weighted by atomic mass is 10.00. The molecule has 0 amide bonds. The standard InChI is InChI=1S/C11H21N.C4H11N/c1-3-5-6-7-8-9-11(4-2)10-12;1-4(2)3-5/h11H,3-9H2,1-2H3;4H,3,5H2,1-2H3/t11-;/m0./s1. The summed E-state index contributed by atoms with van der Waals surface area (Å²) < 4.78 is 0. The van der Waals surface area contributed by atoms with Gasteiger partial charge in [-0.3, -0.25) is 0 Å². The molecule has 0 saturated heterocycles. The van der Waals surface area contributed by atoms with Gasteiger partial charge in [-0.25, -0.2) is 0 Å². The Morgan fingerprint density at radius 3 is 1.94 bits per heavy atom. The van der Waals surface area contributed by atoms with E-state index in [9.17, 15) is 0 Å². The number of nitrogens with two attached hydrogens (primary N) is 1. The fourth-order valence-corrected chi connectivity index (χ4v) is 1.35. The largest absolute Gasteiger partial charge is 0.330 e. The molecule has 2 heteroatoms. The molecule has 2 nitrogen and oxygen atoms in total. The van der Waals surface area contributed by atoms with Gasteiger partial charge in [0.1, 0.15) is 0 Å². The van der Waals surface area contributed by atoms with E-state index in [-0.39, 0.29) is 0 Å². The van der Waals surface area contributed by atoms with Crippen LogP contribution in [-0.2, 0) is 0 Å². The quantitative estimate of drug-likeness (QED) is 0.635. The van der Waals surface area contributed by atoms with Gasteiger partial charge in [-0.15, -0.1) is 0 Å². The number of rotatable bonds is 8. The Morgan fingerprint density at radius 1 is 1.06 bits per heavy atom. The van der Waals surface area contributed by atoms with Gasteiger partial charge in [-0.05, 0) is 25.3 Å². The van der Waals surface area contributed by atoms with Crippen LogP contribution in [0.4, 0.5) is 0 Å². The van der Waals surface area contributed by atoms with Crippen LogP contribution < -0.4 is 5.73 Å². The Labute approximate surface area is 109 Å². The van der Waals surface area contributed by atoms with Gasteiger partial charge in [-0.1, -0.05) is 59.8 Å². The molecule has 0 saturated carbocycles. The van der Waals surface area contributed by atoms with E-state index in [1.54, 1.807) is 0 Å². The third-order valence-electron chi connectivity index (χ3n) is 2.80. The van der Waals surface area contributed by atoms with Gasteiger partial charge in [0.25, 0.3) is 0 Å². The first-order valence-electron chi connectivity index (χ1n) is 7.21. The summed E-state index contributed by atoms with van der Waals surface area (Å²) in [6.07, 6.45) is 8.68. The number of hydrogen-bond donors (Lipinski definition) is 1. The molecule has 0 bridgehead atoms. The van der Waals surface area contributed by atoms with Crippen molar-refractivity contribution in [1.29, 1.82) is 5.26 Å². The van der Waals surface area contributed by atoms with Gasteiger partial charge in [-0.2, -0.15) is 5.26 Å². The minimum absolute atomic E-state index is 0.312.